The van der Waals surface area contributed by atoms with Crippen molar-refractivity contribution in [3.05, 3.63) is 28.2 Å². The minimum Gasteiger partial charge on any atom is -0.481 e. The molecule has 0 bridgehead atoms. The number of ether oxygens (including phenoxy) is 1. The molecule has 0 aliphatic rings. The summed E-state index contributed by atoms with van der Waals surface area (Å²) in [5.41, 5.74) is 1.15. The first kappa shape index (κ1) is 9.64. The number of methoxy groups -OCH3 is 1. The van der Waals surface area contributed by atoms with Crippen LogP contribution in [0.15, 0.2) is 16.9 Å². The number of pyridine rings is 1. The number of aromatic nitrogens is 3. The third-order valence-electron chi connectivity index (χ3n) is 2.22. The molecular formula is C10H11N3O2. The average molecular weight is 205 g/mol. The number of aromatic amines is 1. The van der Waals surface area contributed by atoms with Gasteiger partial charge in [0, 0.05) is 6.07 Å². The molecule has 2 aromatic heterocycles. The lowest BCUT2D eigenvalue weighted by Gasteiger charge is -2.03. The second kappa shape index (κ2) is 3.68. The standard InChI is InChI=1S/C10H11N3O2/c1-3-7-9-6(10(14)13-12-7)4-5-8(11-9)15-2/h4-5H,3H2,1-2H3,(H,13,14). The molecule has 2 rings (SSSR count). The Hall–Kier alpha value is -1.91. The zero-order valence-electron chi connectivity index (χ0n) is 8.57. The molecule has 0 radical (unpaired) electrons. The van der Waals surface area contributed by atoms with Crippen LogP contribution in [0.5, 0.6) is 5.88 Å². The van der Waals surface area contributed by atoms with E-state index in [4.69, 9.17) is 4.74 Å². The van der Waals surface area contributed by atoms with E-state index < -0.39 is 0 Å². The molecular weight excluding hydrogens is 194 g/mol. The molecule has 0 saturated carbocycles. The van der Waals surface area contributed by atoms with Gasteiger partial charge in [0.15, 0.2) is 0 Å². The summed E-state index contributed by atoms with van der Waals surface area (Å²) in [4.78, 5) is 15.7. The minimum absolute atomic E-state index is 0.225. The lowest BCUT2D eigenvalue weighted by molar-refractivity contribution is 0.399. The highest BCUT2D eigenvalue weighted by molar-refractivity contribution is 5.79. The lowest BCUT2D eigenvalue weighted by atomic mass is 10.2. The summed E-state index contributed by atoms with van der Waals surface area (Å²) in [5, 5.41) is 6.93. The maximum absolute atomic E-state index is 11.4. The normalized spacial score (nSPS) is 10.5. The van der Waals surface area contributed by atoms with Gasteiger partial charge >= 0.3 is 0 Å². The van der Waals surface area contributed by atoms with Gasteiger partial charge in [0.05, 0.1) is 18.2 Å². The van der Waals surface area contributed by atoms with Crippen LogP contribution in [-0.2, 0) is 6.42 Å². The molecule has 0 unspecified atom stereocenters. The van der Waals surface area contributed by atoms with E-state index in [9.17, 15) is 4.79 Å². The quantitative estimate of drug-likeness (QED) is 0.790. The van der Waals surface area contributed by atoms with Crippen LogP contribution in [0.3, 0.4) is 0 Å². The first-order chi connectivity index (χ1) is 7.26. The summed E-state index contributed by atoms with van der Waals surface area (Å²) < 4.78 is 5.01. The van der Waals surface area contributed by atoms with Gasteiger partial charge in [-0.25, -0.2) is 10.1 Å². The zero-order chi connectivity index (χ0) is 10.8. The highest BCUT2D eigenvalue weighted by Crippen LogP contribution is 2.15. The van der Waals surface area contributed by atoms with E-state index in [-0.39, 0.29) is 5.56 Å². The summed E-state index contributed by atoms with van der Waals surface area (Å²) in [6.07, 6.45) is 0.716. The highest BCUT2D eigenvalue weighted by atomic mass is 16.5. The molecule has 0 saturated heterocycles. The van der Waals surface area contributed by atoms with Crippen LogP contribution in [-0.4, -0.2) is 22.3 Å². The predicted molar refractivity (Wildman–Crippen MR) is 56.1 cm³/mol. The smallest absolute Gasteiger partial charge is 0.273 e. The second-order valence-electron chi connectivity index (χ2n) is 3.10. The zero-order valence-corrected chi connectivity index (χ0v) is 8.57. The van der Waals surface area contributed by atoms with Crippen molar-refractivity contribution in [2.24, 2.45) is 0 Å². The van der Waals surface area contributed by atoms with Crippen LogP contribution in [0, 0.1) is 0 Å². The maximum Gasteiger partial charge on any atom is 0.273 e. The first-order valence-electron chi connectivity index (χ1n) is 4.68. The van der Waals surface area contributed by atoms with Crippen molar-refractivity contribution in [1.82, 2.24) is 15.2 Å². The fourth-order valence-electron chi connectivity index (χ4n) is 1.44. The molecule has 5 nitrogen and oxygen atoms in total. The maximum atomic E-state index is 11.4. The van der Waals surface area contributed by atoms with Crippen LogP contribution in [0.1, 0.15) is 12.6 Å². The Balaban J connectivity index is 2.83. The fourth-order valence-corrected chi connectivity index (χ4v) is 1.44. The Morgan fingerprint density at radius 1 is 1.47 bits per heavy atom. The van der Waals surface area contributed by atoms with Gasteiger partial charge in [0.2, 0.25) is 5.88 Å². The molecule has 1 N–H and O–H groups in total. The predicted octanol–water partition coefficient (Wildman–Crippen LogP) is 0.889. The van der Waals surface area contributed by atoms with E-state index in [1.165, 1.54) is 0 Å². The van der Waals surface area contributed by atoms with E-state index in [2.05, 4.69) is 15.2 Å². The van der Waals surface area contributed by atoms with Crippen LogP contribution >= 0.6 is 0 Å². The Morgan fingerprint density at radius 3 is 2.93 bits per heavy atom. The number of rotatable bonds is 2. The number of aryl methyl sites for hydroxylation is 1. The van der Waals surface area contributed by atoms with Gasteiger partial charge in [0.1, 0.15) is 5.52 Å². The molecule has 0 aliphatic carbocycles. The highest BCUT2D eigenvalue weighted by Gasteiger charge is 2.07. The number of H-pyrrole nitrogens is 1. The Bertz CT molecular complexity index is 548. The molecule has 78 valence electrons. The van der Waals surface area contributed by atoms with Gasteiger partial charge in [-0.05, 0) is 12.5 Å². The second-order valence-corrected chi connectivity index (χ2v) is 3.10. The van der Waals surface area contributed by atoms with Gasteiger partial charge in [-0.2, -0.15) is 5.10 Å². The van der Waals surface area contributed by atoms with Gasteiger partial charge in [-0.1, -0.05) is 6.92 Å². The van der Waals surface area contributed by atoms with Crippen molar-refractivity contribution in [3.8, 4) is 5.88 Å². The third kappa shape index (κ3) is 1.56. The van der Waals surface area contributed by atoms with Gasteiger partial charge in [0.25, 0.3) is 5.56 Å². The largest absolute Gasteiger partial charge is 0.481 e. The number of hydrogen-bond acceptors (Lipinski definition) is 4. The van der Waals surface area contributed by atoms with Crippen molar-refractivity contribution >= 4 is 10.9 Å². The van der Waals surface area contributed by atoms with E-state index in [1.54, 1.807) is 19.2 Å². The van der Waals surface area contributed by atoms with Crippen molar-refractivity contribution in [2.45, 2.75) is 13.3 Å². The summed E-state index contributed by atoms with van der Waals surface area (Å²) in [5.74, 6) is 0.490. The molecule has 0 spiro atoms. The molecule has 0 atom stereocenters. The number of nitrogens with zero attached hydrogens (tertiary/aromatic N) is 2. The molecule has 5 heteroatoms. The van der Waals surface area contributed by atoms with Crippen molar-refractivity contribution in [2.75, 3.05) is 7.11 Å². The Kier molecular flexibility index (Phi) is 2.37. The molecule has 0 aromatic carbocycles. The summed E-state index contributed by atoms with van der Waals surface area (Å²) in [6.45, 7) is 1.96. The minimum atomic E-state index is -0.225. The van der Waals surface area contributed by atoms with Crippen LogP contribution in [0.25, 0.3) is 10.9 Å². The lowest BCUT2D eigenvalue weighted by Crippen LogP contribution is -2.11. The molecule has 0 fully saturated rings. The molecule has 2 heterocycles. The molecule has 0 amide bonds. The van der Waals surface area contributed by atoms with Crippen LogP contribution in [0.4, 0.5) is 0 Å². The fraction of sp³-hybridized carbons (Fsp3) is 0.300. The van der Waals surface area contributed by atoms with Crippen molar-refractivity contribution in [3.63, 3.8) is 0 Å². The van der Waals surface area contributed by atoms with Gasteiger partial charge < -0.3 is 4.74 Å². The topological polar surface area (TPSA) is 67.9 Å². The molecule has 0 aliphatic heterocycles. The summed E-state index contributed by atoms with van der Waals surface area (Å²) >= 11 is 0. The van der Waals surface area contributed by atoms with Gasteiger partial charge in [-0.15, -0.1) is 0 Å². The number of hydrogen-bond donors (Lipinski definition) is 1. The SMILES string of the molecule is CCc1n[nH]c(=O)c2ccc(OC)nc12. The Morgan fingerprint density at radius 2 is 2.27 bits per heavy atom. The summed E-state index contributed by atoms with van der Waals surface area (Å²) in [6, 6.07) is 3.36. The molecule has 15 heavy (non-hydrogen) atoms. The van der Waals surface area contributed by atoms with Gasteiger partial charge in [-0.3, -0.25) is 4.79 Å². The van der Waals surface area contributed by atoms with Crippen molar-refractivity contribution < 1.29 is 4.74 Å². The van der Waals surface area contributed by atoms with E-state index in [0.29, 0.717) is 23.2 Å². The van der Waals surface area contributed by atoms with E-state index in [0.717, 1.165) is 5.69 Å². The van der Waals surface area contributed by atoms with E-state index >= 15 is 0 Å². The first-order valence-corrected chi connectivity index (χ1v) is 4.68. The number of nitrogens with one attached hydrogen (secondary N) is 1. The number of fused-ring (bicyclic) bond motifs is 1. The monoisotopic (exact) mass is 205 g/mol. The van der Waals surface area contributed by atoms with Crippen molar-refractivity contribution in [1.29, 1.82) is 0 Å². The van der Waals surface area contributed by atoms with Crippen LogP contribution in [0.2, 0.25) is 0 Å². The average Bonchev–Trinajstić information content (AvgIpc) is 2.29. The molecule has 2 aromatic rings. The van der Waals surface area contributed by atoms with E-state index in [1.807, 2.05) is 6.92 Å². The Labute approximate surface area is 86.1 Å². The van der Waals surface area contributed by atoms with Crippen LogP contribution < -0.4 is 10.3 Å². The summed E-state index contributed by atoms with van der Waals surface area (Å²) in [7, 11) is 1.54. The third-order valence-corrected chi connectivity index (χ3v) is 2.22.